The topological polar surface area (TPSA) is 81.7 Å². The first-order valence-electron chi connectivity index (χ1n) is 6.23. The Morgan fingerprint density at radius 3 is 2.52 bits per heavy atom. The highest BCUT2D eigenvalue weighted by molar-refractivity contribution is 6.32. The smallest absolute Gasteiger partial charge is 0.339 e. The monoisotopic (exact) mass is 313 g/mol. The third kappa shape index (κ3) is 4.75. The molecular weight excluding hydrogens is 298 g/mol. The Balaban J connectivity index is 2.96. The van der Waals surface area contributed by atoms with Gasteiger partial charge in [0.05, 0.1) is 25.0 Å². The Morgan fingerprint density at radius 1 is 1.29 bits per heavy atom. The maximum Gasteiger partial charge on any atom is 0.339 e. The largest absolute Gasteiger partial charge is 0.466 e. The molecule has 1 amide bonds. The van der Waals surface area contributed by atoms with Crippen LogP contribution in [-0.4, -0.2) is 31.6 Å². The van der Waals surface area contributed by atoms with Crippen molar-refractivity contribution in [3.63, 3.8) is 0 Å². The van der Waals surface area contributed by atoms with E-state index < -0.39 is 24.3 Å². The van der Waals surface area contributed by atoms with E-state index in [0.29, 0.717) is 10.6 Å². The summed E-state index contributed by atoms with van der Waals surface area (Å²) in [6, 6.07) is 2.94. The lowest BCUT2D eigenvalue weighted by molar-refractivity contribution is -0.145. The number of halogens is 1. The van der Waals surface area contributed by atoms with Gasteiger partial charge < -0.3 is 14.8 Å². The number of hydrogen-bond donors (Lipinski definition) is 1. The molecule has 0 spiro atoms. The Labute approximate surface area is 127 Å². The van der Waals surface area contributed by atoms with Gasteiger partial charge >= 0.3 is 11.9 Å². The Morgan fingerprint density at radius 2 is 1.95 bits per heavy atom. The first kappa shape index (κ1) is 17.0. The summed E-state index contributed by atoms with van der Waals surface area (Å²) in [6.45, 7) is 3.56. The van der Waals surface area contributed by atoms with E-state index in [0.717, 1.165) is 0 Å². The number of carbonyl (C=O) groups is 3. The molecule has 0 aliphatic carbocycles. The summed E-state index contributed by atoms with van der Waals surface area (Å²) < 4.78 is 9.32. The van der Waals surface area contributed by atoms with Crippen LogP contribution < -0.4 is 5.32 Å². The van der Waals surface area contributed by atoms with Crippen molar-refractivity contribution in [2.24, 2.45) is 0 Å². The number of nitrogens with one attached hydrogen (secondary N) is 1. The maximum atomic E-state index is 11.7. The van der Waals surface area contributed by atoms with E-state index >= 15 is 0 Å². The van der Waals surface area contributed by atoms with Gasteiger partial charge in [-0.3, -0.25) is 9.59 Å². The van der Waals surface area contributed by atoms with Crippen LogP contribution in [0.3, 0.4) is 0 Å². The third-order valence-electron chi connectivity index (χ3n) is 2.59. The summed E-state index contributed by atoms with van der Waals surface area (Å²) in [5.74, 6) is -1.85. The Kier molecular flexibility index (Phi) is 6.17. The van der Waals surface area contributed by atoms with Crippen molar-refractivity contribution in [3.05, 3.63) is 28.3 Å². The number of rotatable bonds is 5. The molecule has 0 heterocycles. The lowest BCUT2D eigenvalue weighted by Gasteiger charge is -2.11. The van der Waals surface area contributed by atoms with E-state index in [2.05, 4.69) is 14.8 Å². The first-order valence-corrected chi connectivity index (χ1v) is 6.60. The van der Waals surface area contributed by atoms with Crippen molar-refractivity contribution in [2.75, 3.05) is 19.0 Å². The number of aryl methyl sites for hydroxylation is 1. The van der Waals surface area contributed by atoms with Crippen LogP contribution in [0.15, 0.2) is 12.1 Å². The zero-order chi connectivity index (χ0) is 16.0. The van der Waals surface area contributed by atoms with Gasteiger partial charge in [-0.05, 0) is 31.5 Å². The molecule has 0 radical (unpaired) electrons. The predicted octanol–water partition coefficient (Wildman–Crippen LogP) is 2.33. The highest BCUT2D eigenvalue weighted by atomic mass is 35.5. The van der Waals surface area contributed by atoms with Gasteiger partial charge in [-0.2, -0.15) is 0 Å². The lowest BCUT2D eigenvalue weighted by atomic mass is 10.1. The molecule has 0 saturated carbocycles. The van der Waals surface area contributed by atoms with E-state index in [1.54, 1.807) is 13.8 Å². The van der Waals surface area contributed by atoms with Crippen LogP contribution in [0, 0.1) is 6.92 Å². The van der Waals surface area contributed by atoms with Crippen molar-refractivity contribution in [1.29, 1.82) is 0 Å². The number of benzene rings is 1. The predicted molar refractivity (Wildman–Crippen MR) is 77.4 cm³/mol. The molecule has 0 aliphatic rings. The molecule has 0 atom stereocenters. The summed E-state index contributed by atoms with van der Waals surface area (Å²) in [7, 11) is 1.23. The van der Waals surface area contributed by atoms with Gasteiger partial charge in [0.25, 0.3) is 0 Å². The van der Waals surface area contributed by atoms with Crippen molar-refractivity contribution in [1.82, 2.24) is 0 Å². The second-order valence-corrected chi connectivity index (χ2v) is 4.58. The van der Waals surface area contributed by atoms with Gasteiger partial charge in [-0.25, -0.2) is 4.79 Å². The molecule has 0 fully saturated rings. The molecule has 7 heteroatoms. The van der Waals surface area contributed by atoms with E-state index in [1.807, 2.05) is 0 Å². The molecule has 1 rings (SSSR count). The van der Waals surface area contributed by atoms with Crippen LogP contribution in [0.5, 0.6) is 0 Å². The highest BCUT2D eigenvalue weighted by Gasteiger charge is 2.18. The summed E-state index contributed by atoms with van der Waals surface area (Å²) in [5.41, 5.74) is 1.02. The zero-order valence-electron chi connectivity index (χ0n) is 12.0. The van der Waals surface area contributed by atoms with Crippen LogP contribution in [-0.2, 0) is 19.1 Å². The fourth-order valence-corrected chi connectivity index (χ4v) is 1.76. The SMILES string of the molecule is CCOC(=O)CC(=O)Nc1cc(Cl)c(C)cc1C(=O)OC. The van der Waals surface area contributed by atoms with Gasteiger partial charge in [0.2, 0.25) is 5.91 Å². The van der Waals surface area contributed by atoms with E-state index in [4.69, 9.17) is 11.6 Å². The minimum absolute atomic E-state index is 0.164. The Hall–Kier alpha value is -2.08. The van der Waals surface area contributed by atoms with E-state index in [9.17, 15) is 14.4 Å². The summed E-state index contributed by atoms with van der Waals surface area (Å²) in [5, 5.41) is 2.84. The van der Waals surface area contributed by atoms with Crippen LogP contribution in [0.4, 0.5) is 5.69 Å². The summed E-state index contributed by atoms with van der Waals surface area (Å²) >= 11 is 5.98. The third-order valence-corrected chi connectivity index (χ3v) is 3.00. The minimum Gasteiger partial charge on any atom is -0.466 e. The average molecular weight is 314 g/mol. The fourth-order valence-electron chi connectivity index (χ4n) is 1.60. The van der Waals surface area contributed by atoms with Gasteiger partial charge in [0.15, 0.2) is 0 Å². The number of hydrogen-bond acceptors (Lipinski definition) is 5. The molecule has 1 aromatic rings. The molecule has 6 nitrogen and oxygen atoms in total. The molecule has 0 aliphatic heterocycles. The quantitative estimate of drug-likeness (QED) is 0.666. The van der Waals surface area contributed by atoms with Crippen LogP contribution >= 0.6 is 11.6 Å². The molecule has 0 aromatic heterocycles. The molecule has 114 valence electrons. The zero-order valence-corrected chi connectivity index (χ0v) is 12.7. The Bertz CT molecular complexity index is 571. The first-order chi connectivity index (χ1) is 9.88. The van der Waals surface area contributed by atoms with Crippen molar-refractivity contribution in [2.45, 2.75) is 20.3 Å². The number of carbonyl (C=O) groups excluding carboxylic acids is 3. The number of anilines is 1. The average Bonchev–Trinajstić information content (AvgIpc) is 2.41. The van der Waals surface area contributed by atoms with E-state index in [1.165, 1.54) is 19.2 Å². The molecule has 21 heavy (non-hydrogen) atoms. The van der Waals surface area contributed by atoms with Crippen LogP contribution in [0.25, 0.3) is 0 Å². The standard InChI is InChI=1S/C14H16ClNO5/c1-4-21-13(18)7-12(17)16-11-6-10(15)8(2)5-9(11)14(19)20-3/h5-6H,4,7H2,1-3H3,(H,16,17). The van der Waals surface area contributed by atoms with Gasteiger partial charge in [-0.1, -0.05) is 11.6 Å². The number of methoxy groups -OCH3 is 1. The van der Waals surface area contributed by atoms with Crippen molar-refractivity contribution >= 4 is 35.1 Å². The van der Waals surface area contributed by atoms with Crippen LogP contribution in [0.1, 0.15) is 29.3 Å². The molecule has 0 bridgehead atoms. The summed E-state index contributed by atoms with van der Waals surface area (Å²) in [6.07, 6.45) is -0.444. The molecule has 0 saturated heterocycles. The number of amides is 1. The molecule has 1 N–H and O–H groups in total. The van der Waals surface area contributed by atoms with Gasteiger partial charge in [0.1, 0.15) is 6.42 Å². The van der Waals surface area contributed by atoms with Crippen molar-refractivity contribution in [3.8, 4) is 0 Å². The normalized spacial score (nSPS) is 9.90. The second kappa shape index (κ2) is 7.64. The van der Waals surface area contributed by atoms with Gasteiger partial charge in [-0.15, -0.1) is 0 Å². The van der Waals surface area contributed by atoms with E-state index in [-0.39, 0.29) is 17.9 Å². The molecule has 1 aromatic carbocycles. The minimum atomic E-state index is -0.646. The van der Waals surface area contributed by atoms with Crippen LogP contribution in [0.2, 0.25) is 5.02 Å². The number of esters is 2. The van der Waals surface area contributed by atoms with Gasteiger partial charge in [0, 0.05) is 5.02 Å². The lowest BCUT2D eigenvalue weighted by Crippen LogP contribution is -2.20. The van der Waals surface area contributed by atoms with Crippen molar-refractivity contribution < 1.29 is 23.9 Å². The fraction of sp³-hybridized carbons (Fsp3) is 0.357. The highest BCUT2D eigenvalue weighted by Crippen LogP contribution is 2.25. The summed E-state index contributed by atoms with van der Waals surface area (Å²) in [4.78, 5) is 34.7. The maximum absolute atomic E-state index is 11.7. The number of ether oxygens (including phenoxy) is 2. The molecule has 0 unspecified atom stereocenters. The second-order valence-electron chi connectivity index (χ2n) is 4.17. The molecular formula is C14H16ClNO5.